The third-order valence-corrected chi connectivity index (χ3v) is 2.32. The smallest absolute Gasteiger partial charge is 0.337 e. The van der Waals surface area contributed by atoms with Gasteiger partial charge in [-0.25, -0.2) is 4.79 Å². The molecule has 0 fully saturated rings. The molecule has 0 heterocycles. The molecule has 0 bridgehead atoms. The molecule has 3 nitrogen and oxygen atoms in total. The van der Waals surface area contributed by atoms with E-state index in [9.17, 15) is 9.90 Å². The van der Waals surface area contributed by atoms with Gasteiger partial charge in [0.25, 0.3) is 0 Å². The molecule has 0 aliphatic heterocycles. The van der Waals surface area contributed by atoms with Gasteiger partial charge in [-0.05, 0) is 43.5 Å². The van der Waals surface area contributed by atoms with E-state index in [4.69, 9.17) is 0 Å². The second kappa shape index (κ2) is 5.35. The molecule has 0 aliphatic carbocycles. The predicted octanol–water partition coefficient (Wildman–Crippen LogP) is 2.69. The Morgan fingerprint density at radius 2 is 2.19 bits per heavy atom. The van der Waals surface area contributed by atoms with Gasteiger partial charge >= 0.3 is 5.97 Å². The lowest BCUT2D eigenvalue weighted by Gasteiger charge is -2.06. The number of aryl methyl sites for hydroxylation is 1. The molecule has 0 atom stereocenters. The van der Waals surface area contributed by atoms with E-state index in [1.807, 2.05) is 6.92 Å². The van der Waals surface area contributed by atoms with E-state index in [-0.39, 0.29) is 5.75 Å². The Bertz CT molecular complexity index is 408. The Morgan fingerprint density at radius 3 is 2.75 bits per heavy atom. The number of ether oxygens (including phenoxy) is 1. The summed E-state index contributed by atoms with van der Waals surface area (Å²) < 4.78 is 4.62. The fourth-order valence-electron chi connectivity index (χ4n) is 1.38. The van der Waals surface area contributed by atoms with Crippen LogP contribution in [0.3, 0.4) is 0 Å². The van der Waals surface area contributed by atoms with E-state index < -0.39 is 5.97 Å². The number of phenols is 1. The first-order chi connectivity index (χ1) is 7.54. The highest BCUT2D eigenvalue weighted by atomic mass is 16.5. The number of carbonyl (C=O) groups is 1. The second-order valence-corrected chi connectivity index (χ2v) is 3.79. The number of hydrogen-bond acceptors (Lipinski definition) is 3. The van der Waals surface area contributed by atoms with Crippen molar-refractivity contribution in [2.75, 3.05) is 7.11 Å². The Balaban J connectivity index is 2.90. The van der Waals surface area contributed by atoms with Crippen LogP contribution in [0.15, 0.2) is 30.4 Å². The molecular formula is C13H16O3. The van der Waals surface area contributed by atoms with E-state index in [0.717, 1.165) is 17.6 Å². The number of rotatable bonds is 4. The van der Waals surface area contributed by atoms with Crippen molar-refractivity contribution >= 4 is 5.97 Å². The highest BCUT2D eigenvalue weighted by Crippen LogP contribution is 2.21. The molecule has 3 heteroatoms. The minimum absolute atomic E-state index is 0.203. The van der Waals surface area contributed by atoms with Gasteiger partial charge in [0.15, 0.2) is 0 Å². The summed E-state index contributed by atoms with van der Waals surface area (Å²) in [6, 6.07) is 4.72. The maximum atomic E-state index is 11.3. The third-order valence-electron chi connectivity index (χ3n) is 2.32. The fourth-order valence-corrected chi connectivity index (χ4v) is 1.38. The van der Waals surface area contributed by atoms with Crippen LogP contribution in [0.1, 0.15) is 29.3 Å². The van der Waals surface area contributed by atoms with Crippen molar-refractivity contribution in [3.05, 3.63) is 41.5 Å². The maximum Gasteiger partial charge on any atom is 0.337 e. The van der Waals surface area contributed by atoms with E-state index >= 15 is 0 Å². The molecule has 0 saturated carbocycles. The second-order valence-electron chi connectivity index (χ2n) is 3.79. The number of carbonyl (C=O) groups excluding carboxylic acids is 1. The minimum Gasteiger partial charge on any atom is -0.508 e. The van der Waals surface area contributed by atoms with Gasteiger partial charge in [-0.3, -0.25) is 0 Å². The summed E-state index contributed by atoms with van der Waals surface area (Å²) in [6.07, 6.45) is 1.46. The van der Waals surface area contributed by atoms with Crippen LogP contribution in [0.25, 0.3) is 0 Å². The summed E-state index contributed by atoms with van der Waals surface area (Å²) in [5.41, 5.74) is 2.24. The molecular weight excluding hydrogens is 204 g/mol. The van der Waals surface area contributed by atoms with Crippen LogP contribution in [0.5, 0.6) is 5.75 Å². The van der Waals surface area contributed by atoms with Crippen LogP contribution in [-0.2, 0) is 11.2 Å². The molecule has 86 valence electrons. The van der Waals surface area contributed by atoms with Crippen molar-refractivity contribution < 1.29 is 14.6 Å². The molecule has 0 aromatic heterocycles. The topological polar surface area (TPSA) is 46.5 Å². The van der Waals surface area contributed by atoms with Crippen molar-refractivity contribution in [1.82, 2.24) is 0 Å². The minimum atomic E-state index is -0.392. The molecule has 1 aromatic rings. The largest absolute Gasteiger partial charge is 0.508 e. The summed E-state index contributed by atoms with van der Waals surface area (Å²) in [6.45, 7) is 5.73. The molecule has 0 unspecified atom stereocenters. The van der Waals surface area contributed by atoms with Crippen LogP contribution < -0.4 is 0 Å². The summed E-state index contributed by atoms with van der Waals surface area (Å²) in [5, 5.41) is 9.62. The van der Waals surface area contributed by atoms with E-state index in [1.54, 1.807) is 12.1 Å². The van der Waals surface area contributed by atoms with E-state index in [1.165, 1.54) is 13.2 Å². The summed E-state index contributed by atoms with van der Waals surface area (Å²) in [4.78, 5) is 11.3. The molecule has 0 aliphatic rings. The molecule has 1 rings (SSSR count). The van der Waals surface area contributed by atoms with Crippen molar-refractivity contribution in [3.63, 3.8) is 0 Å². The first-order valence-electron chi connectivity index (χ1n) is 5.09. The first-order valence-corrected chi connectivity index (χ1v) is 5.09. The van der Waals surface area contributed by atoms with Gasteiger partial charge in [-0.2, -0.15) is 0 Å². The molecule has 0 saturated heterocycles. The standard InChI is InChI=1S/C13H16O3/c1-9(2)4-5-10-8-11(13(15)16-3)6-7-12(10)14/h6-8,14H,1,4-5H2,2-3H3. The highest BCUT2D eigenvalue weighted by molar-refractivity contribution is 5.89. The number of benzene rings is 1. The number of phenolic OH excluding ortho intramolecular Hbond substituents is 1. The maximum absolute atomic E-state index is 11.3. The van der Waals surface area contributed by atoms with Crippen LogP contribution >= 0.6 is 0 Å². The van der Waals surface area contributed by atoms with Crippen molar-refractivity contribution in [3.8, 4) is 5.75 Å². The van der Waals surface area contributed by atoms with Gasteiger partial charge in [-0.1, -0.05) is 5.57 Å². The zero-order valence-electron chi connectivity index (χ0n) is 9.62. The van der Waals surface area contributed by atoms with Crippen LogP contribution in [0.4, 0.5) is 0 Å². The zero-order valence-corrected chi connectivity index (χ0v) is 9.62. The van der Waals surface area contributed by atoms with Gasteiger partial charge in [0, 0.05) is 0 Å². The lowest BCUT2D eigenvalue weighted by atomic mass is 10.0. The summed E-state index contributed by atoms with van der Waals surface area (Å²) in [5.74, 6) is -0.189. The molecule has 1 N–H and O–H groups in total. The lowest BCUT2D eigenvalue weighted by molar-refractivity contribution is 0.0600. The van der Waals surface area contributed by atoms with Crippen LogP contribution in [0, 0.1) is 0 Å². The molecule has 1 aromatic carbocycles. The van der Waals surface area contributed by atoms with Crippen molar-refractivity contribution in [1.29, 1.82) is 0 Å². The molecule has 0 amide bonds. The lowest BCUT2D eigenvalue weighted by Crippen LogP contribution is -2.02. The number of methoxy groups -OCH3 is 1. The third kappa shape index (κ3) is 3.12. The van der Waals surface area contributed by atoms with Gasteiger partial charge in [0.2, 0.25) is 0 Å². The first kappa shape index (κ1) is 12.3. The Labute approximate surface area is 95.4 Å². The number of aromatic hydroxyl groups is 1. The Hall–Kier alpha value is -1.77. The van der Waals surface area contributed by atoms with Gasteiger partial charge in [0.1, 0.15) is 5.75 Å². The van der Waals surface area contributed by atoms with Crippen LogP contribution in [-0.4, -0.2) is 18.2 Å². The Kier molecular flexibility index (Phi) is 4.11. The zero-order chi connectivity index (χ0) is 12.1. The monoisotopic (exact) mass is 220 g/mol. The fraction of sp³-hybridized carbons (Fsp3) is 0.308. The summed E-state index contributed by atoms with van der Waals surface area (Å²) in [7, 11) is 1.34. The molecule has 0 spiro atoms. The SMILES string of the molecule is C=C(C)CCc1cc(C(=O)OC)ccc1O. The van der Waals surface area contributed by atoms with Crippen LogP contribution in [0.2, 0.25) is 0 Å². The van der Waals surface area contributed by atoms with Gasteiger partial charge < -0.3 is 9.84 Å². The average molecular weight is 220 g/mol. The van der Waals surface area contributed by atoms with Gasteiger partial charge in [0.05, 0.1) is 12.7 Å². The average Bonchev–Trinajstić information content (AvgIpc) is 2.26. The number of hydrogen-bond donors (Lipinski definition) is 1. The van der Waals surface area contributed by atoms with E-state index in [0.29, 0.717) is 12.0 Å². The van der Waals surface area contributed by atoms with Gasteiger partial charge in [-0.15, -0.1) is 6.58 Å². The Morgan fingerprint density at radius 1 is 1.50 bits per heavy atom. The predicted molar refractivity (Wildman–Crippen MR) is 62.6 cm³/mol. The van der Waals surface area contributed by atoms with Crippen molar-refractivity contribution in [2.24, 2.45) is 0 Å². The highest BCUT2D eigenvalue weighted by Gasteiger charge is 2.09. The molecule has 0 radical (unpaired) electrons. The number of esters is 1. The number of allylic oxidation sites excluding steroid dienone is 1. The summed E-state index contributed by atoms with van der Waals surface area (Å²) >= 11 is 0. The molecule has 16 heavy (non-hydrogen) atoms. The quantitative estimate of drug-likeness (QED) is 0.626. The van der Waals surface area contributed by atoms with E-state index in [2.05, 4.69) is 11.3 Å². The van der Waals surface area contributed by atoms with Crippen molar-refractivity contribution in [2.45, 2.75) is 19.8 Å². The normalized spacial score (nSPS) is 9.88.